The molecule has 0 spiro atoms. The summed E-state index contributed by atoms with van der Waals surface area (Å²) in [7, 11) is 0. The van der Waals surface area contributed by atoms with E-state index in [0.717, 1.165) is 19.3 Å². The number of benzene rings is 1. The third kappa shape index (κ3) is 4.27. The zero-order valence-electron chi connectivity index (χ0n) is 12.0. The first kappa shape index (κ1) is 15.4. The average Bonchev–Trinajstić information content (AvgIpc) is 2.38. The minimum Gasteiger partial charge on any atom is -0.389 e. The van der Waals surface area contributed by atoms with Crippen molar-refractivity contribution in [1.29, 1.82) is 0 Å². The van der Waals surface area contributed by atoms with Crippen LogP contribution in [-0.2, 0) is 0 Å². The number of aliphatic hydroxyl groups is 2. The highest BCUT2D eigenvalue weighted by Crippen LogP contribution is 2.31. The van der Waals surface area contributed by atoms with Gasteiger partial charge in [-0.15, -0.1) is 0 Å². The van der Waals surface area contributed by atoms with Gasteiger partial charge in [-0.1, -0.05) is 31.9 Å². The summed E-state index contributed by atoms with van der Waals surface area (Å²) >= 11 is 0. The fourth-order valence-corrected chi connectivity index (χ4v) is 3.07. The van der Waals surface area contributed by atoms with Crippen LogP contribution in [0.15, 0.2) is 24.3 Å². The molecule has 0 heterocycles. The minimum atomic E-state index is -0.754. The Hall–Kier alpha value is -0.970. The first-order valence-electron chi connectivity index (χ1n) is 7.35. The van der Waals surface area contributed by atoms with Gasteiger partial charge in [0.1, 0.15) is 5.82 Å². The Balaban J connectivity index is 1.80. The van der Waals surface area contributed by atoms with E-state index in [2.05, 4.69) is 12.2 Å². The molecule has 3 atom stereocenters. The van der Waals surface area contributed by atoms with Crippen molar-refractivity contribution in [3.05, 3.63) is 35.6 Å². The average molecular weight is 281 g/mol. The van der Waals surface area contributed by atoms with Gasteiger partial charge in [0, 0.05) is 13.1 Å². The highest BCUT2D eigenvalue weighted by atomic mass is 19.1. The summed E-state index contributed by atoms with van der Waals surface area (Å²) in [5, 5.41) is 23.6. The molecule has 20 heavy (non-hydrogen) atoms. The maximum atomic E-state index is 13.1. The molecule has 0 saturated heterocycles. The lowest BCUT2D eigenvalue weighted by Gasteiger charge is -2.36. The highest BCUT2D eigenvalue weighted by molar-refractivity contribution is 5.18. The van der Waals surface area contributed by atoms with Crippen molar-refractivity contribution in [3.8, 4) is 0 Å². The molecule has 1 fully saturated rings. The summed E-state index contributed by atoms with van der Waals surface area (Å²) < 4.78 is 13.1. The quantitative estimate of drug-likeness (QED) is 0.777. The van der Waals surface area contributed by atoms with Crippen molar-refractivity contribution in [2.24, 2.45) is 5.92 Å². The Morgan fingerprint density at radius 2 is 2.30 bits per heavy atom. The zero-order chi connectivity index (χ0) is 14.6. The summed E-state index contributed by atoms with van der Waals surface area (Å²) in [6.45, 7) is 2.95. The lowest BCUT2D eigenvalue weighted by molar-refractivity contribution is -0.0135. The van der Waals surface area contributed by atoms with E-state index in [4.69, 9.17) is 0 Å². The number of aliphatic hydroxyl groups excluding tert-OH is 1. The highest BCUT2D eigenvalue weighted by Gasteiger charge is 2.32. The molecule has 3 nitrogen and oxygen atoms in total. The van der Waals surface area contributed by atoms with E-state index in [-0.39, 0.29) is 5.82 Å². The number of nitrogens with one attached hydrogen (secondary N) is 1. The summed E-state index contributed by atoms with van der Waals surface area (Å²) in [5.74, 6) is 0.199. The molecule has 0 bridgehead atoms. The topological polar surface area (TPSA) is 52.5 Å². The molecule has 0 radical (unpaired) electrons. The second kappa shape index (κ2) is 6.66. The van der Waals surface area contributed by atoms with Crippen molar-refractivity contribution < 1.29 is 14.6 Å². The van der Waals surface area contributed by atoms with Crippen LogP contribution in [0.4, 0.5) is 4.39 Å². The Morgan fingerprint density at radius 1 is 1.50 bits per heavy atom. The lowest BCUT2D eigenvalue weighted by Crippen LogP contribution is -2.44. The van der Waals surface area contributed by atoms with Gasteiger partial charge < -0.3 is 15.5 Å². The predicted octanol–water partition coefficient (Wildman–Crippen LogP) is 2.39. The minimum absolute atomic E-state index is 0.320. The van der Waals surface area contributed by atoms with Crippen molar-refractivity contribution in [2.75, 3.05) is 13.1 Å². The predicted molar refractivity (Wildman–Crippen MR) is 76.8 cm³/mol. The normalized spacial score (nSPS) is 28.3. The van der Waals surface area contributed by atoms with Crippen LogP contribution in [0.1, 0.15) is 44.3 Å². The molecule has 1 aliphatic carbocycles. The Labute approximate surface area is 119 Å². The monoisotopic (exact) mass is 281 g/mol. The standard InChI is InChI=1S/C16H24FNO2/c1-12-4-3-7-16(20,9-12)11-18-10-15(19)13-5-2-6-14(17)8-13/h2,5-6,8,12,15,18-20H,3-4,7,9-11H2,1H3. The first-order chi connectivity index (χ1) is 9.48. The summed E-state index contributed by atoms with van der Waals surface area (Å²) in [6, 6.07) is 5.98. The van der Waals surface area contributed by atoms with E-state index in [0.29, 0.717) is 24.6 Å². The maximum absolute atomic E-state index is 13.1. The fourth-order valence-electron chi connectivity index (χ4n) is 3.07. The van der Waals surface area contributed by atoms with E-state index in [1.807, 2.05) is 0 Å². The van der Waals surface area contributed by atoms with Crippen LogP contribution >= 0.6 is 0 Å². The van der Waals surface area contributed by atoms with Gasteiger partial charge in [-0.05, 0) is 36.5 Å². The largest absolute Gasteiger partial charge is 0.389 e. The third-order valence-corrected chi connectivity index (χ3v) is 4.09. The zero-order valence-corrected chi connectivity index (χ0v) is 12.0. The molecule has 2 rings (SSSR count). The van der Waals surface area contributed by atoms with Crippen LogP contribution in [0, 0.1) is 11.7 Å². The van der Waals surface area contributed by atoms with Gasteiger partial charge in [-0.3, -0.25) is 0 Å². The molecular formula is C16H24FNO2. The smallest absolute Gasteiger partial charge is 0.123 e. The van der Waals surface area contributed by atoms with Gasteiger partial charge in [0.05, 0.1) is 11.7 Å². The molecule has 3 unspecified atom stereocenters. The van der Waals surface area contributed by atoms with Gasteiger partial charge in [0.25, 0.3) is 0 Å². The molecule has 4 heteroatoms. The van der Waals surface area contributed by atoms with E-state index in [1.165, 1.54) is 18.6 Å². The molecule has 0 aromatic heterocycles. The molecular weight excluding hydrogens is 257 g/mol. The molecule has 112 valence electrons. The van der Waals surface area contributed by atoms with Crippen LogP contribution in [0.3, 0.4) is 0 Å². The second-order valence-corrected chi connectivity index (χ2v) is 6.13. The van der Waals surface area contributed by atoms with Crippen molar-refractivity contribution in [1.82, 2.24) is 5.32 Å². The van der Waals surface area contributed by atoms with Crippen molar-refractivity contribution in [3.63, 3.8) is 0 Å². The third-order valence-electron chi connectivity index (χ3n) is 4.09. The molecule has 1 aromatic rings. The van der Waals surface area contributed by atoms with E-state index >= 15 is 0 Å². The number of rotatable bonds is 5. The lowest BCUT2D eigenvalue weighted by atomic mass is 9.79. The van der Waals surface area contributed by atoms with Gasteiger partial charge in [0.15, 0.2) is 0 Å². The molecule has 0 amide bonds. The summed E-state index contributed by atoms with van der Waals surface area (Å²) in [4.78, 5) is 0. The van der Waals surface area contributed by atoms with Crippen LogP contribution in [-0.4, -0.2) is 28.9 Å². The van der Waals surface area contributed by atoms with Crippen LogP contribution < -0.4 is 5.32 Å². The van der Waals surface area contributed by atoms with Crippen molar-refractivity contribution in [2.45, 2.75) is 44.3 Å². The molecule has 1 aromatic carbocycles. The number of hydrogen-bond donors (Lipinski definition) is 3. The van der Waals surface area contributed by atoms with Crippen LogP contribution in [0.5, 0.6) is 0 Å². The van der Waals surface area contributed by atoms with Gasteiger partial charge in [-0.2, -0.15) is 0 Å². The molecule has 3 N–H and O–H groups in total. The second-order valence-electron chi connectivity index (χ2n) is 6.13. The SMILES string of the molecule is CC1CCCC(O)(CNCC(O)c2cccc(F)c2)C1. The summed E-state index contributed by atoms with van der Waals surface area (Å²) in [6.07, 6.45) is 3.08. The van der Waals surface area contributed by atoms with E-state index < -0.39 is 11.7 Å². The Kier molecular flexibility index (Phi) is 5.13. The molecule has 1 saturated carbocycles. The number of halogens is 1. The first-order valence-corrected chi connectivity index (χ1v) is 7.35. The molecule has 0 aliphatic heterocycles. The van der Waals surface area contributed by atoms with Gasteiger partial charge in [-0.25, -0.2) is 4.39 Å². The molecule has 1 aliphatic rings. The van der Waals surface area contributed by atoms with Crippen LogP contribution in [0.2, 0.25) is 0 Å². The Bertz CT molecular complexity index is 440. The van der Waals surface area contributed by atoms with E-state index in [1.54, 1.807) is 12.1 Å². The van der Waals surface area contributed by atoms with Gasteiger partial charge in [0.2, 0.25) is 0 Å². The van der Waals surface area contributed by atoms with Crippen LogP contribution in [0.25, 0.3) is 0 Å². The van der Waals surface area contributed by atoms with Gasteiger partial charge >= 0.3 is 0 Å². The van der Waals surface area contributed by atoms with E-state index in [9.17, 15) is 14.6 Å². The summed E-state index contributed by atoms with van der Waals surface area (Å²) in [5.41, 5.74) is -0.110. The Morgan fingerprint density at radius 3 is 3.00 bits per heavy atom. The fraction of sp³-hybridized carbons (Fsp3) is 0.625. The number of hydrogen-bond acceptors (Lipinski definition) is 3. The van der Waals surface area contributed by atoms with Crippen molar-refractivity contribution >= 4 is 0 Å². The maximum Gasteiger partial charge on any atom is 0.123 e.